The Balaban J connectivity index is 1.67. The van der Waals surface area contributed by atoms with Gasteiger partial charge in [0.15, 0.2) is 0 Å². The van der Waals surface area contributed by atoms with E-state index in [1.54, 1.807) is 14.2 Å². The van der Waals surface area contributed by atoms with Crippen LogP contribution >= 0.6 is 0 Å². The van der Waals surface area contributed by atoms with Crippen LogP contribution in [0.3, 0.4) is 0 Å². The zero-order valence-corrected chi connectivity index (χ0v) is 17.5. The maximum atomic E-state index is 9.94. The van der Waals surface area contributed by atoms with E-state index in [0.717, 1.165) is 50.7 Å². The Morgan fingerprint density at radius 1 is 1.00 bits per heavy atom. The van der Waals surface area contributed by atoms with Gasteiger partial charge in [-0.25, -0.2) is 0 Å². The average Bonchev–Trinajstić information content (AvgIpc) is 3.05. The lowest BCUT2D eigenvalue weighted by Crippen LogP contribution is -2.21. The summed E-state index contributed by atoms with van der Waals surface area (Å²) >= 11 is 0. The Hall–Kier alpha value is -3.08. The standard InChI is InChI=1S/C26H26O4/c1-17-22(21-11-10-20(28-2)15-23(21)24(17)16-27)13-18-9-12-25(26(14-18)29-3)30-19-7-5-4-6-8-19/h4-13,15,26-27H,14,16H2,1-3H3/b22-13-. The van der Waals surface area contributed by atoms with E-state index in [1.165, 1.54) is 0 Å². The van der Waals surface area contributed by atoms with Crippen molar-refractivity contribution in [2.45, 2.75) is 19.4 Å². The fraction of sp³-hybridized carbons (Fsp3) is 0.231. The SMILES string of the molecule is COc1ccc2c(c1)C(CO)=C(C)/C2=C/C1=CC=C(Oc2ccccc2)C(OC)C1. The van der Waals surface area contributed by atoms with Crippen molar-refractivity contribution in [2.24, 2.45) is 0 Å². The van der Waals surface area contributed by atoms with Crippen molar-refractivity contribution in [3.63, 3.8) is 0 Å². The fourth-order valence-electron chi connectivity index (χ4n) is 3.99. The van der Waals surface area contributed by atoms with Crippen molar-refractivity contribution < 1.29 is 19.3 Å². The van der Waals surface area contributed by atoms with Gasteiger partial charge in [0.25, 0.3) is 0 Å². The quantitative estimate of drug-likeness (QED) is 0.725. The highest BCUT2D eigenvalue weighted by molar-refractivity contribution is 6.00. The molecule has 0 fully saturated rings. The second kappa shape index (κ2) is 8.74. The molecular formula is C26H26O4. The second-order valence-corrected chi connectivity index (χ2v) is 7.39. The predicted molar refractivity (Wildman–Crippen MR) is 119 cm³/mol. The highest BCUT2D eigenvalue weighted by Crippen LogP contribution is 2.43. The molecule has 0 bridgehead atoms. The van der Waals surface area contributed by atoms with Crippen molar-refractivity contribution in [2.75, 3.05) is 20.8 Å². The summed E-state index contributed by atoms with van der Waals surface area (Å²) in [5.41, 5.74) is 6.45. The van der Waals surface area contributed by atoms with Crippen LogP contribution in [-0.2, 0) is 4.74 Å². The Labute approximate surface area is 177 Å². The molecule has 4 rings (SSSR count). The van der Waals surface area contributed by atoms with Crippen LogP contribution in [0.4, 0.5) is 0 Å². The minimum absolute atomic E-state index is 0.00193. The number of benzene rings is 2. The van der Waals surface area contributed by atoms with Crippen molar-refractivity contribution >= 4 is 11.1 Å². The van der Waals surface area contributed by atoms with Crippen LogP contribution in [0.1, 0.15) is 24.5 Å². The number of fused-ring (bicyclic) bond motifs is 1. The van der Waals surface area contributed by atoms with Crippen molar-refractivity contribution in [1.82, 2.24) is 0 Å². The number of ether oxygens (including phenoxy) is 3. The van der Waals surface area contributed by atoms with Crippen molar-refractivity contribution in [1.29, 1.82) is 0 Å². The van der Waals surface area contributed by atoms with Crippen LogP contribution in [0.5, 0.6) is 11.5 Å². The van der Waals surface area contributed by atoms with Crippen molar-refractivity contribution in [3.8, 4) is 11.5 Å². The van der Waals surface area contributed by atoms with Gasteiger partial charge in [0, 0.05) is 13.5 Å². The molecule has 0 saturated carbocycles. The third-order valence-corrected chi connectivity index (χ3v) is 5.65. The lowest BCUT2D eigenvalue weighted by molar-refractivity contribution is 0.0980. The fourth-order valence-corrected chi connectivity index (χ4v) is 3.99. The number of allylic oxidation sites excluding steroid dienone is 5. The van der Waals surface area contributed by atoms with Gasteiger partial charge in [-0.05, 0) is 70.7 Å². The molecule has 2 aliphatic carbocycles. The summed E-state index contributed by atoms with van der Waals surface area (Å²) in [6, 6.07) is 15.7. The molecule has 2 aliphatic rings. The van der Waals surface area contributed by atoms with E-state index in [9.17, 15) is 5.11 Å². The number of aliphatic hydroxyl groups excluding tert-OH is 1. The molecule has 1 N–H and O–H groups in total. The molecule has 0 aromatic heterocycles. The van der Waals surface area contributed by atoms with Gasteiger partial charge < -0.3 is 19.3 Å². The predicted octanol–water partition coefficient (Wildman–Crippen LogP) is 5.17. The van der Waals surface area contributed by atoms with Gasteiger partial charge in [-0.3, -0.25) is 0 Å². The molecule has 2 aromatic rings. The Morgan fingerprint density at radius 3 is 2.50 bits per heavy atom. The molecule has 1 atom stereocenters. The van der Waals surface area contributed by atoms with Crippen LogP contribution in [0, 0.1) is 0 Å². The number of hydrogen-bond donors (Lipinski definition) is 1. The zero-order valence-electron chi connectivity index (χ0n) is 17.5. The lowest BCUT2D eigenvalue weighted by Gasteiger charge is -2.23. The summed E-state index contributed by atoms with van der Waals surface area (Å²) in [6.07, 6.45) is 6.80. The van der Waals surface area contributed by atoms with E-state index in [-0.39, 0.29) is 12.7 Å². The third-order valence-electron chi connectivity index (χ3n) is 5.65. The first kappa shape index (κ1) is 20.2. The van der Waals surface area contributed by atoms with Crippen LogP contribution in [0.15, 0.2) is 83.7 Å². The first-order valence-electron chi connectivity index (χ1n) is 10.0. The second-order valence-electron chi connectivity index (χ2n) is 7.39. The molecule has 0 amide bonds. The number of para-hydroxylation sites is 1. The van der Waals surface area contributed by atoms with Crippen LogP contribution in [-0.4, -0.2) is 32.0 Å². The van der Waals surface area contributed by atoms with Crippen molar-refractivity contribution in [3.05, 3.63) is 94.8 Å². The number of hydrogen-bond acceptors (Lipinski definition) is 4. The molecular weight excluding hydrogens is 376 g/mol. The minimum atomic E-state index is -0.152. The number of aliphatic hydroxyl groups is 1. The molecule has 0 heterocycles. The van der Waals surface area contributed by atoms with E-state index in [2.05, 4.69) is 25.1 Å². The first-order valence-corrected chi connectivity index (χ1v) is 10.0. The summed E-state index contributed by atoms with van der Waals surface area (Å²) in [6.45, 7) is 2.05. The molecule has 0 aliphatic heterocycles. The molecule has 0 spiro atoms. The smallest absolute Gasteiger partial charge is 0.133 e. The topological polar surface area (TPSA) is 47.9 Å². The van der Waals surface area contributed by atoms with Gasteiger partial charge in [-0.2, -0.15) is 0 Å². The largest absolute Gasteiger partial charge is 0.497 e. The van der Waals surface area contributed by atoms with Gasteiger partial charge in [-0.1, -0.05) is 36.4 Å². The van der Waals surface area contributed by atoms with E-state index in [1.807, 2.05) is 48.5 Å². The monoisotopic (exact) mass is 402 g/mol. The Kier molecular flexibility index (Phi) is 5.88. The molecule has 154 valence electrons. The lowest BCUT2D eigenvalue weighted by atomic mass is 9.95. The van der Waals surface area contributed by atoms with E-state index >= 15 is 0 Å². The van der Waals surface area contributed by atoms with Gasteiger partial charge in [0.05, 0.1) is 13.7 Å². The summed E-state index contributed by atoms with van der Waals surface area (Å²) in [4.78, 5) is 0. The third kappa shape index (κ3) is 3.84. The summed E-state index contributed by atoms with van der Waals surface area (Å²) in [5.74, 6) is 2.38. The van der Waals surface area contributed by atoms with Gasteiger partial charge >= 0.3 is 0 Å². The van der Waals surface area contributed by atoms with E-state index < -0.39 is 0 Å². The average molecular weight is 402 g/mol. The molecule has 4 heteroatoms. The Bertz CT molecular complexity index is 1060. The normalized spacial score (nSPS) is 19.5. The molecule has 30 heavy (non-hydrogen) atoms. The maximum absolute atomic E-state index is 9.94. The molecule has 4 nitrogen and oxygen atoms in total. The maximum Gasteiger partial charge on any atom is 0.133 e. The summed E-state index contributed by atoms with van der Waals surface area (Å²) in [5, 5.41) is 9.94. The minimum Gasteiger partial charge on any atom is -0.497 e. The van der Waals surface area contributed by atoms with Crippen LogP contribution in [0.25, 0.3) is 11.1 Å². The number of rotatable bonds is 6. The van der Waals surface area contributed by atoms with E-state index in [0.29, 0.717) is 6.42 Å². The first-order chi connectivity index (χ1) is 14.6. The van der Waals surface area contributed by atoms with Gasteiger partial charge in [0.2, 0.25) is 0 Å². The highest BCUT2D eigenvalue weighted by atomic mass is 16.5. The highest BCUT2D eigenvalue weighted by Gasteiger charge is 2.26. The zero-order chi connectivity index (χ0) is 21.1. The van der Waals surface area contributed by atoms with Crippen LogP contribution < -0.4 is 9.47 Å². The molecule has 0 radical (unpaired) electrons. The molecule has 1 unspecified atom stereocenters. The van der Waals surface area contributed by atoms with Gasteiger partial charge in [-0.15, -0.1) is 0 Å². The van der Waals surface area contributed by atoms with E-state index in [4.69, 9.17) is 14.2 Å². The molecule has 0 saturated heterocycles. The summed E-state index contributed by atoms with van der Waals surface area (Å²) in [7, 11) is 3.36. The van der Waals surface area contributed by atoms with Gasteiger partial charge in [0.1, 0.15) is 23.4 Å². The summed E-state index contributed by atoms with van der Waals surface area (Å²) < 4.78 is 17.1. The molecule has 2 aromatic carbocycles. The van der Waals surface area contributed by atoms with Crippen LogP contribution in [0.2, 0.25) is 0 Å². The Morgan fingerprint density at radius 2 is 1.80 bits per heavy atom. The number of methoxy groups -OCH3 is 2.